The number of ether oxygens (including phenoxy) is 1. The van der Waals surface area contributed by atoms with Crippen molar-refractivity contribution in [2.24, 2.45) is 11.8 Å². The van der Waals surface area contributed by atoms with Crippen LogP contribution in [-0.2, 0) is 23.5 Å². The van der Waals surface area contributed by atoms with Gasteiger partial charge in [-0.25, -0.2) is 4.98 Å². The minimum atomic E-state index is -1.17. The Morgan fingerprint density at radius 3 is 2.46 bits per heavy atom. The van der Waals surface area contributed by atoms with E-state index in [1.807, 2.05) is 42.6 Å². The summed E-state index contributed by atoms with van der Waals surface area (Å²) in [5, 5.41) is 12.0. The van der Waals surface area contributed by atoms with E-state index in [2.05, 4.69) is 41.1 Å². The van der Waals surface area contributed by atoms with Crippen LogP contribution < -0.4 is 0 Å². The third-order valence-electron chi connectivity index (χ3n) is 8.03. The number of hydrogen-bond acceptors (Lipinski definition) is 5. The van der Waals surface area contributed by atoms with Crippen LogP contribution in [0.15, 0.2) is 71.3 Å². The van der Waals surface area contributed by atoms with Crippen molar-refractivity contribution in [3.8, 4) is 0 Å². The Kier molecular flexibility index (Phi) is 7.66. The van der Waals surface area contributed by atoms with Crippen molar-refractivity contribution >= 4 is 0 Å². The van der Waals surface area contributed by atoms with Crippen LogP contribution >= 0.6 is 0 Å². The minimum Gasteiger partial charge on any atom is -0.441 e. The second-order valence-corrected chi connectivity index (χ2v) is 10.3. The zero-order chi connectivity index (χ0) is 24.1. The summed E-state index contributed by atoms with van der Waals surface area (Å²) in [5.41, 5.74) is 0.914. The monoisotopic (exact) mass is 474 g/mol. The number of rotatable bonds is 9. The van der Waals surface area contributed by atoms with Gasteiger partial charge in [0.25, 0.3) is 0 Å². The lowest BCUT2D eigenvalue weighted by Gasteiger charge is -2.37. The first-order valence-corrected chi connectivity index (χ1v) is 13.3. The second kappa shape index (κ2) is 11.1. The topological polar surface area (TPSA) is 58.7 Å². The molecule has 3 unspecified atom stereocenters. The highest BCUT2D eigenvalue weighted by molar-refractivity contribution is 5.30. The van der Waals surface area contributed by atoms with Crippen molar-refractivity contribution in [1.82, 2.24) is 9.88 Å². The highest BCUT2D eigenvalue weighted by atomic mass is 16.5. The number of likely N-dealkylation sites (tertiary alicyclic amines) is 1. The molecule has 2 aliphatic rings. The maximum Gasteiger partial charge on any atom is 0.231 e. The predicted molar refractivity (Wildman–Crippen MR) is 137 cm³/mol. The summed E-state index contributed by atoms with van der Waals surface area (Å²) in [4.78, 5) is 7.03. The standard InChI is InChI=1S/C30H38N2O3/c1-2-24-17-18-32(21-28(24)34-22-23-11-5-3-6-12-23)20-27-19-31-29(35-27)30(33,26-15-9-10-16-26)25-13-7-4-8-14-25/h3-8,11-14,19,24,26,28,33H,2,9-10,15-18,20-22H2,1H3. The number of nitrogens with zero attached hydrogens (tertiary/aromatic N) is 2. The summed E-state index contributed by atoms with van der Waals surface area (Å²) in [7, 11) is 0. The van der Waals surface area contributed by atoms with Gasteiger partial charge in [-0.05, 0) is 42.9 Å². The molecule has 1 aliphatic carbocycles. The fourth-order valence-corrected chi connectivity index (χ4v) is 5.95. The van der Waals surface area contributed by atoms with Gasteiger partial charge in [0, 0.05) is 12.5 Å². The first kappa shape index (κ1) is 24.2. The molecular formula is C30H38N2O3. The largest absolute Gasteiger partial charge is 0.441 e. The first-order valence-electron chi connectivity index (χ1n) is 13.3. The Hall–Kier alpha value is -2.47. The first-order chi connectivity index (χ1) is 17.2. The van der Waals surface area contributed by atoms with Crippen molar-refractivity contribution in [2.45, 2.75) is 70.3 Å². The van der Waals surface area contributed by atoms with Gasteiger partial charge < -0.3 is 14.3 Å². The van der Waals surface area contributed by atoms with Crippen LogP contribution in [-0.4, -0.2) is 34.2 Å². The lowest BCUT2D eigenvalue weighted by molar-refractivity contribution is -0.0511. The van der Waals surface area contributed by atoms with Crippen molar-refractivity contribution < 1.29 is 14.3 Å². The van der Waals surface area contributed by atoms with Gasteiger partial charge in [0.15, 0.2) is 5.60 Å². The van der Waals surface area contributed by atoms with Crippen molar-refractivity contribution in [3.05, 3.63) is 89.6 Å². The third kappa shape index (κ3) is 5.37. The van der Waals surface area contributed by atoms with E-state index in [9.17, 15) is 5.11 Å². The summed E-state index contributed by atoms with van der Waals surface area (Å²) < 4.78 is 12.7. The molecule has 1 aromatic heterocycles. The van der Waals surface area contributed by atoms with Crippen LogP contribution in [0.1, 0.15) is 68.2 Å². The van der Waals surface area contributed by atoms with Crippen LogP contribution in [0.3, 0.4) is 0 Å². The molecule has 186 valence electrons. The maximum atomic E-state index is 12.0. The van der Waals surface area contributed by atoms with Gasteiger partial charge in [0.1, 0.15) is 5.76 Å². The van der Waals surface area contributed by atoms with Gasteiger partial charge >= 0.3 is 0 Å². The molecule has 2 fully saturated rings. The van der Waals surface area contributed by atoms with Crippen molar-refractivity contribution in [3.63, 3.8) is 0 Å². The van der Waals surface area contributed by atoms with Crippen LogP contribution in [0.25, 0.3) is 0 Å². The van der Waals surface area contributed by atoms with Gasteiger partial charge in [-0.3, -0.25) is 4.90 Å². The Balaban J connectivity index is 1.28. The molecule has 0 amide bonds. The quantitative estimate of drug-likeness (QED) is 0.417. The number of aromatic nitrogens is 1. The van der Waals surface area contributed by atoms with E-state index in [4.69, 9.17) is 9.15 Å². The summed E-state index contributed by atoms with van der Waals surface area (Å²) in [6.45, 7) is 5.49. The number of piperidine rings is 1. The Morgan fingerprint density at radius 1 is 1.03 bits per heavy atom. The summed E-state index contributed by atoms with van der Waals surface area (Å²) in [6, 6.07) is 20.3. The molecule has 35 heavy (non-hydrogen) atoms. The zero-order valence-corrected chi connectivity index (χ0v) is 20.8. The average Bonchev–Trinajstić information content (AvgIpc) is 3.62. The van der Waals surface area contributed by atoms with Crippen LogP contribution in [0, 0.1) is 11.8 Å². The Bertz CT molecular complexity index is 1050. The molecule has 1 saturated heterocycles. The van der Waals surface area contributed by atoms with E-state index in [0.29, 0.717) is 25.0 Å². The summed E-state index contributed by atoms with van der Waals surface area (Å²) in [5.74, 6) is 1.95. The van der Waals surface area contributed by atoms with E-state index in [0.717, 1.165) is 62.9 Å². The summed E-state index contributed by atoms with van der Waals surface area (Å²) in [6.07, 6.45) is 8.54. The molecule has 3 aromatic rings. The van der Waals surface area contributed by atoms with E-state index >= 15 is 0 Å². The number of oxazole rings is 1. The molecular weight excluding hydrogens is 436 g/mol. The average molecular weight is 475 g/mol. The molecule has 0 spiro atoms. The maximum absolute atomic E-state index is 12.0. The van der Waals surface area contributed by atoms with E-state index < -0.39 is 5.60 Å². The van der Waals surface area contributed by atoms with Crippen molar-refractivity contribution in [2.75, 3.05) is 13.1 Å². The Morgan fingerprint density at radius 2 is 1.74 bits per heavy atom. The van der Waals surface area contributed by atoms with Gasteiger partial charge in [0.05, 0.1) is 25.5 Å². The third-order valence-corrected chi connectivity index (χ3v) is 8.03. The van der Waals surface area contributed by atoms with E-state index in [1.165, 1.54) is 5.56 Å². The molecule has 5 heteroatoms. The van der Waals surface area contributed by atoms with Gasteiger partial charge in [-0.1, -0.05) is 86.8 Å². The number of benzene rings is 2. The molecule has 2 heterocycles. The molecule has 1 aliphatic heterocycles. The van der Waals surface area contributed by atoms with Gasteiger partial charge in [-0.15, -0.1) is 0 Å². The molecule has 0 radical (unpaired) electrons. The molecule has 3 atom stereocenters. The number of aliphatic hydroxyl groups is 1. The molecule has 1 N–H and O–H groups in total. The van der Waals surface area contributed by atoms with Crippen LogP contribution in [0.4, 0.5) is 0 Å². The second-order valence-electron chi connectivity index (χ2n) is 10.3. The molecule has 2 aromatic carbocycles. The lowest BCUT2D eigenvalue weighted by Crippen LogP contribution is -2.44. The van der Waals surface area contributed by atoms with E-state index in [-0.39, 0.29) is 12.0 Å². The highest BCUT2D eigenvalue weighted by Gasteiger charge is 2.45. The SMILES string of the molecule is CCC1CCN(Cc2cnc(C(O)(c3ccccc3)C3CCCC3)o2)CC1OCc1ccccc1. The highest BCUT2D eigenvalue weighted by Crippen LogP contribution is 2.44. The molecule has 0 bridgehead atoms. The molecule has 1 saturated carbocycles. The van der Waals surface area contributed by atoms with Crippen LogP contribution in [0.2, 0.25) is 0 Å². The number of hydrogen-bond donors (Lipinski definition) is 1. The van der Waals surface area contributed by atoms with Gasteiger partial charge in [-0.2, -0.15) is 0 Å². The summed E-state index contributed by atoms with van der Waals surface area (Å²) >= 11 is 0. The van der Waals surface area contributed by atoms with Crippen molar-refractivity contribution in [1.29, 1.82) is 0 Å². The van der Waals surface area contributed by atoms with Crippen LogP contribution in [0.5, 0.6) is 0 Å². The smallest absolute Gasteiger partial charge is 0.231 e. The normalized spacial score (nSPS) is 23.4. The fourth-order valence-electron chi connectivity index (χ4n) is 5.95. The fraction of sp³-hybridized carbons (Fsp3) is 0.500. The van der Waals surface area contributed by atoms with Gasteiger partial charge in [0.2, 0.25) is 5.89 Å². The molecule has 5 nitrogen and oxygen atoms in total. The Labute approximate surface area is 209 Å². The molecule has 5 rings (SSSR count). The predicted octanol–water partition coefficient (Wildman–Crippen LogP) is 5.92. The minimum absolute atomic E-state index is 0.132. The lowest BCUT2D eigenvalue weighted by atomic mass is 9.80. The zero-order valence-electron chi connectivity index (χ0n) is 20.8. The van der Waals surface area contributed by atoms with E-state index in [1.54, 1.807) is 0 Å².